The molecule has 1 aliphatic rings. The normalized spacial score (nSPS) is 15.6. The van der Waals surface area contributed by atoms with Crippen LogP contribution >= 0.6 is 22.9 Å². The molecule has 0 bridgehead atoms. The third-order valence-corrected chi connectivity index (χ3v) is 7.01. The molecule has 1 amide bonds. The quantitative estimate of drug-likeness (QED) is 0.752. The number of aromatic nitrogens is 2. The minimum Gasteiger partial charge on any atom is -0.372 e. The van der Waals surface area contributed by atoms with Gasteiger partial charge >= 0.3 is 0 Å². The van der Waals surface area contributed by atoms with Crippen molar-refractivity contribution in [2.24, 2.45) is 0 Å². The molecule has 1 fully saturated rings. The summed E-state index contributed by atoms with van der Waals surface area (Å²) in [5.41, 5.74) is 0.471. The number of rotatable bonds is 6. The van der Waals surface area contributed by atoms with Crippen LogP contribution in [-0.4, -0.2) is 55.7 Å². The summed E-state index contributed by atoms with van der Waals surface area (Å²) in [4.78, 5) is 13.7. The van der Waals surface area contributed by atoms with E-state index in [4.69, 9.17) is 16.3 Å². The Morgan fingerprint density at radius 2 is 2.19 bits per heavy atom. The van der Waals surface area contributed by atoms with Gasteiger partial charge in [-0.25, -0.2) is 8.42 Å². The molecule has 0 atom stereocenters. The van der Waals surface area contributed by atoms with Gasteiger partial charge in [0.25, 0.3) is 10.0 Å². The Morgan fingerprint density at radius 3 is 3.00 bits per heavy atom. The fourth-order valence-corrected chi connectivity index (χ4v) is 5.10. The molecule has 3 rings (SSSR count). The van der Waals surface area contributed by atoms with E-state index < -0.39 is 10.0 Å². The topological polar surface area (TPSA) is 101 Å². The maximum Gasteiger partial charge on any atom is 0.264 e. The highest BCUT2D eigenvalue weighted by molar-refractivity contribution is 7.93. The van der Waals surface area contributed by atoms with Crippen LogP contribution in [0, 0.1) is 6.92 Å². The van der Waals surface area contributed by atoms with Gasteiger partial charge < -0.3 is 9.64 Å². The molecule has 1 aliphatic heterocycles. The average molecular weight is 431 g/mol. The van der Waals surface area contributed by atoms with E-state index in [-0.39, 0.29) is 22.5 Å². The zero-order valence-corrected chi connectivity index (χ0v) is 17.0. The number of hydrogen-bond acceptors (Lipinski definition) is 7. The molecule has 0 spiro atoms. The number of halogens is 1. The van der Waals surface area contributed by atoms with Crippen molar-refractivity contribution in [1.82, 2.24) is 15.1 Å². The average Bonchev–Trinajstić information content (AvgIpc) is 2.95. The summed E-state index contributed by atoms with van der Waals surface area (Å²) >= 11 is 7.15. The van der Waals surface area contributed by atoms with E-state index in [0.29, 0.717) is 41.7 Å². The van der Waals surface area contributed by atoms with E-state index >= 15 is 0 Å². The predicted octanol–water partition coefficient (Wildman–Crippen LogP) is 2.09. The van der Waals surface area contributed by atoms with Gasteiger partial charge in [-0.1, -0.05) is 29.0 Å². The molecule has 27 heavy (non-hydrogen) atoms. The zero-order valence-electron chi connectivity index (χ0n) is 14.6. The Balaban J connectivity index is 1.65. The molecule has 8 nitrogen and oxygen atoms in total. The van der Waals surface area contributed by atoms with Crippen molar-refractivity contribution >= 4 is 44.0 Å². The fourth-order valence-electron chi connectivity index (χ4n) is 2.64. The molecule has 0 radical (unpaired) electrons. The number of nitrogens with one attached hydrogen (secondary N) is 1. The maximum atomic E-state index is 12.6. The third kappa shape index (κ3) is 4.95. The van der Waals surface area contributed by atoms with Crippen molar-refractivity contribution in [3.05, 3.63) is 33.8 Å². The Labute approximate surface area is 166 Å². The van der Waals surface area contributed by atoms with Gasteiger partial charge in [-0.15, -0.1) is 10.2 Å². The Bertz CT molecular complexity index is 932. The van der Waals surface area contributed by atoms with Crippen LogP contribution < -0.4 is 4.72 Å². The second-order valence-electron chi connectivity index (χ2n) is 6.01. The number of amides is 1. The van der Waals surface area contributed by atoms with E-state index in [2.05, 4.69) is 14.9 Å². The van der Waals surface area contributed by atoms with Gasteiger partial charge in [-0.3, -0.25) is 9.52 Å². The molecule has 1 saturated heterocycles. The van der Waals surface area contributed by atoms with Crippen molar-refractivity contribution in [1.29, 1.82) is 0 Å². The number of ether oxygens (including phenoxy) is 1. The van der Waals surface area contributed by atoms with Crippen LogP contribution in [-0.2, 0) is 26.0 Å². The molecule has 0 saturated carbocycles. The second-order valence-corrected chi connectivity index (χ2v) is 9.13. The van der Waals surface area contributed by atoms with Gasteiger partial charge in [0.2, 0.25) is 11.0 Å². The minimum absolute atomic E-state index is 0.0469. The molecule has 11 heteroatoms. The monoisotopic (exact) mass is 430 g/mol. The number of nitrogens with zero attached hydrogens (tertiary/aromatic N) is 3. The lowest BCUT2D eigenvalue weighted by atomic mass is 10.2. The number of anilines is 1. The smallest absolute Gasteiger partial charge is 0.264 e. The van der Waals surface area contributed by atoms with Crippen LogP contribution in [0.15, 0.2) is 23.1 Å². The number of carbonyl (C=O) groups excluding carboxylic acids is 1. The van der Waals surface area contributed by atoms with Gasteiger partial charge in [-0.2, -0.15) is 0 Å². The molecule has 2 aromatic rings. The first kappa shape index (κ1) is 20.0. The highest BCUT2D eigenvalue weighted by atomic mass is 35.5. The first-order chi connectivity index (χ1) is 12.9. The largest absolute Gasteiger partial charge is 0.372 e. The van der Waals surface area contributed by atoms with Crippen LogP contribution in [0.4, 0.5) is 5.13 Å². The molecule has 0 unspecified atom stereocenters. The summed E-state index contributed by atoms with van der Waals surface area (Å²) in [7, 11) is -3.81. The Hall–Kier alpha value is -1.75. The van der Waals surface area contributed by atoms with E-state index in [1.54, 1.807) is 24.0 Å². The van der Waals surface area contributed by atoms with Crippen molar-refractivity contribution in [3.63, 3.8) is 0 Å². The van der Waals surface area contributed by atoms with Crippen molar-refractivity contribution in [2.75, 3.05) is 31.0 Å². The lowest BCUT2D eigenvalue weighted by Crippen LogP contribution is -2.34. The summed E-state index contributed by atoms with van der Waals surface area (Å²) in [6.45, 7) is 3.46. The lowest BCUT2D eigenvalue weighted by Gasteiger charge is -2.18. The fraction of sp³-hybridized carbons (Fsp3) is 0.438. The first-order valence-corrected chi connectivity index (χ1v) is 11.0. The number of benzene rings is 1. The van der Waals surface area contributed by atoms with Crippen LogP contribution in [0.1, 0.15) is 17.0 Å². The zero-order chi connectivity index (χ0) is 19.4. The minimum atomic E-state index is -3.81. The van der Waals surface area contributed by atoms with Gasteiger partial charge in [-0.05, 0) is 31.0 Å². The molecule has 1 aromatic heterocycles. The summed E-state index contributed by atoms with van der Waals surface area (Å²) < 4.78 is 32.8. The molecular weight excluding hydrogens is 412 g/mol. The third-order valence-electron chi connectivity index (χ3n) is 4.09. The highest BCUT2D eigenvalue weighted by Gasteiger charge is 2.21. The van der Waals surface area contributed by atoms with E-state index in [9.17, 15) is 13.2 Å². The number of hydrogen-bond donors (Lipinski definition) is 1. The molecule has 0 aliphatic carbocycles. The lowest BCUT2D eigenvalue weighted by molar-refractivity contribution is -0.133. The van der Waals surface area contributed by atoms with Gasteiger partial charge in [0.15, 0.2) is 0 Å². The molecule has 1 N–H and O–H groups in total. The van der Waals surface area contributed by atoms with E-state index in [1.165, 1.54) is 6.07 Å². The number of carbonyl (C=O) groups is 1. The molecular formula is C16H19ClN4O4S2. The standard InChI is InChI=1S/C16H19ClN4O4S2/c1-11-12(17)4-2-5-13(11)27(23,24)20-16-19-18-14(26-16)6-8-21-7-3-9-25-10-15(21)22/h2,4-5H,3,6-10H2,1H3,(H,19,20). The van der Waals surface area contributed by atoms with Crippen LogP contribution in [0.25, 0.3) is 0 Å². The van der Waals surface area contributed by atoms with Crippen LogP contribution in [0.2, 0.25) is 5.02 Å². The first-order valence-electron chi connectivity index (χ1n) is 8.32. The summed E-state index contributed by atoms with van der Waals surface area (Å²) in [6, 6.07) is 4.70. The van der Waals surface area contributed by atoms with Crippen molar-refractivity contribution < 1.29 is 17.9 Å². The van der Waals surface area contributed by atoms with Crippen molar-refractivity contribution in [3.8, 4) is 0 Å². The maximum absolute atomic E-state index is 12.6. The van der Waals surface area contributed by atoms with E-state index in [1.807, 2.05) is 0 Å². The number of sulfonamides is 1. The summed E-state index contributed by atoms with van der Waals surface area (Å²) in [6.07, 6.45) is 1.30. The van der Waals surface area contributed by atoms with E-state index in [0.717, 1.165) is 17.8 Å². The van der Waals surface area contributed by atoms with Gasteiger partial charge in [0, 0.05) is 31.1 Å². The van der Waals surface area contributed by atoms with Gasteiger partial charge in [0.05, 0.1) is 4.90 Å². The summed E-state index contributed by atoms with van der Waals surface area (Å²) in [5.74, 6) is -0.0469. The highest BCUT2D eigenvalue weighted by Crippen LogP contribution is 2.26. The Morgan fingerprint density at radius 1 is 1.37 bits per heavy atom. The molecule has 146 valence electrons. The second kappa shape index (κ2) is 8.51. The summed E-state index contributed by atoms with van der Waals surface area (Å²) in [5, 5.41) is 9.11. The Kier molecular flexibility index (Phi) is 6.30. The predicted molar refractivity (Wildman–Crippen MR) is 103 cm³/mol. The molecule has 1 aromatic carbocycles. The SMILES string of the molecule is Cc1c(Cl)cccc1S(=O)(=O)Nc1nnc(CCN2CCCOCC2=O)s1. The van der Waals surface area contributed by atoms with Crippen LogP contribution in [0.3, 0.4) is 0 Å². The van der Waals surface area contributed by atoms with Crippen LogP contribution in [0.5, 0.6) is 0 Å². The van der Waals surface area contributed by atoms with Gasteiger partial charge in [0.1, 0.15) is 11.6 Å². The molecule has 2 heterocycles. The van der Waals surface area contributed by atoms with Crippen molar-refractivity contribution in [2.45, 2.75) is 24.7 Å².